The van der Waals surface area contributed by atoms with Crippen molar-refractivity contribution in [3.63, 3.8) is 0 Å². The molecule has 1 rings (SSSR count). The van der Waals surface area contributed by atoms with E-state index in [-0.39, 0.29) is 10.8 Å². The molecule has 0 amide bonds. The quantitative estimate of drug-likeness (QED) is 0.826. The van der Waals surface area contributed by atoms with Gasteiger partial charge in [0.25, 0.3) is 0 Å². The van der Waals surface area contributed by atoms with Crippen molar-refractivity contribution in [3.05, 3.63) is 28.8 Å². The Morgan fingerprint density at radius 2 is 2.15 bits per heavy atom. The molecule has 72 valence electrons. The molecular weight excluding hydrogens is 200 g/mol. The maximum absolute atomic E-state index is 11.8. The molecular formula is C8H8ClF2NO. The second kappa shape index (κ2) is 4.39. The number of hydrogen-bond acceptors (Lipinski definition) is 2. The molecule has 0 heterocycles. The predicted molar refractivity (Wildman–Crippen MR) is 46.0 cm³/mol. The molecule has 5 heteroatoms. The first-order valence-electron chi connectivity index (χ1n) is 3.57. The molecule has 1 aromatic rings. The normalized spacial score (nSPS) is 10.5. The zero-order chi connectivity index (χ0) is 9.84. The topological polar surface area (TPSA) is 35.2 Å². The Morgan fingerprint density at radius 1 is 1.46 bits per heavy atom. The van der Waals surface area contributed by atoms with Crippen LogP contribution in [0.2, 0.25) is 5.02 Å². The van der Waals surface area contributed by atoms with Gasteiger partial charge in [-0.3, -0.25) is 0 Å². The summed E-state index contributed by atoms with van der Waals surface area (Å²) in [5, 5.41) is 0.142. The summed E-state index contributed by atoms with van der Waals surface area (Å²) in [6.45, 7) is -2.55. The van der Waals surface area contributed by atoms with Gasteiger partial charge in [-0.15, -0.1) is 0 Å². The van der Waals surface area contributed by atoms with Gasteiger partial charge in [0, 0.05) is 6.54 Å². The molecule has 13 heavy (non-hydrogen) atoms. The molecule has 2 nitrogen and oxygen atoms in total. The number of benzene rings is 1. The van der Waals surface area contributed by atoms with Gasteiger partial charge in [0.15, 0.2) is 0 Å². The minimum Gasteiger partial charge on any atom is -0.433 e. The van der Waals surface area contributed by atoms with Gasteiger partial charge < -0.3 is 10.5 Å². The van der Waals surface area contributed by atoms with Gasteiger partial charge in [0.2, 0.25) is 0 Å². The summed E-state index contributed by atoms with van der Waals surface area (Å²) < 4.78 is 27.7. The lowest BCUT2D eigenvalue weighted by Gasteiger charge is -2.07. The van der Waals surface area contributed by atoms with Crippen LogP contribution in [0.3, 0.4) is 0 Å². The summed E-state index contributed by atoms with van der Waals surface area (Å²) >= 11 is 5.64. The first-order valence-corrected chi connectivity index (χ1v) is 3.94. The molecule has 0 bridgehead atoms. The van der Waals surface area contributed by atoms with E-state index in [0.717, 1.165) is 5.56 Å². The van der Waals surface area contributed by atoms with Crippen molar-refractivity contribution in [3.8, 4) is 5.75 Å². The van der Waals surface area contributed by atoms with E-state index in [1.807, 2.05) is 0 Å². The largest absolute Gasteiger partial charge is 0.433 e. The van der Waals surface area contributed by atoms with E-state index in [0.29, 0.717) is 6.54 Å². The molecule has 0 saturated carbocycles. The number of nitrogens with two attached hydrogens (primary N) is 1. The highest BCUT2D eigenvalue weighted by Crippen LogP contribution is 2.26. The maximum atomic E-state index is 11.8. The third kappa shape index (κ3) is 2.82. The van der Waals surface area contributed by atoms with Crippen LogP contribution in [0.15, 0.2) is 18.2 Å². The summed E-state index contributed by atoms with van der Waals surface area (Å²) in [7, 11) is 0. The Morgan fingerprint density at radius 3 is 2.62 bits per heavy atom. The molecule has 0 radical (unpaired) electrons. The van der Waals surface area contributed by atoms with Gasteiger partial charge >= 0.3 is 6.61 Å². The molecule has 0 unspecified atom stereocenters. The Hall–Kier alpha value is -0.870. The van der Waals surface area contributed by atoms with Crippen molar-refractivity contribution >= 4 is 11.6 Å². The molecule has 0 aliphatic rings. The molecule has 0 aliphatic heterocycles. The minimum absolute atomic E-state index is 0.0335. The van der Waals surface area contributed by atoms with Crippen LogP contribution in [0.25, 0.3) is 0 Å². The first-order chi connectivity index (χ1) is 6.13. The Balaban J connectivity index is 2.85. The van der Waals surface area contributed by atoms with Crippen LogP contribution in [0.4, 0.5) is 8.78 Å². The number of alkyl halides is 2. The number of hydrogen-bond donors (Lipinski definition) is 1. The van der Waals surface area contributed by atoms with Crippen LogP contribution < -0.4 is 10.5 Å². The van der Waals surface area contributed by atoms with Crippen molar-refractivity contribution in [2.75, 3.05) is 0 Å². The number of halogens is 3. The zero-order valence-electron chi connectivity index (χ0n) is 6.64. The van der Waals surface area contributed by atoms with Crippen LogP contribution in [0.1, 0.15) is 5.56 Å². The van der Waals surface area contributed by atoms with Crippen LogP contribution >= 0.6 is 11.6 Å². The Labute approximate surface area is 79.2 Å². The number of ether oxygens (including phenoxy) is 1. The van der Waals surface area contributed by atoms with Gasteiger partial charge in [-0.2, -0.15) is 8.78 Å². The Kier molecular flexibility index (Phi) is 3.45. The summed E-state index contributed by atoms with van der Waals surface area (Å²) in [5.41, 5.74) is 6.09. The van der Waals surface area contributed by atoms with E-state index >= 15 is 0 Å². The molecule has 2 N–H and O–H groups in total. The van der Waals surface area contributed by atoms with E-state index in [4.69, 9.17) is 17.3 Å². The van der Waals surface area contributed by atoms with Gasteiger partial charge in [-0.1, -0.05) is 17.7 Å². The first kappa shape index (κ1) is 10.2. The van der Waals surface area contributed by atoms with E-state index < -0.39 is 6.61 Å². The lowest BCUT2D eigenvalue weighted by atomic mass is 10.2. The van der Waals surface area contributed by atoms with Crippen molar-refractivity contribution in [1.29, 1.82) is 0 Å². The maximum Gasteiger partial charge on any atom is 0.387 e. The van der Waals surface area contributed by atoms with E-state index in [2.05, 4.69) is 4.74 Å². The lowest BCUT2D eigenvalue weighted by Crippen LogP contribution is -2.03. The van der Waals surface area contributed by atoms with Crippen molar-refractivity contribution in [1.82, 2.24) is 0 Å². The smallest absolute Gasteiger partial charge is 0.387 e. The monoisotopic (exact) mass is 207 g/mol. The molecule has 0 aliphatic carbocycles. The van der Waals surface area contributed by atoms with Crippen molar-refractivity contribution in [2.45, 2.75) is 13.2 Å². The average molecular weight is 208 g/mol. The second-order valence-electron chi connectivity index (χ2n) is 2.35. The van der Waals surface area contributed by atoms with E-state index in [9.17, 15) is 8.78 Å². The highest BCUT2D eigenvalue weighted by Gasteiger charge is 2.08. The summed E-state index contributed by atoms with van der Waals surface area (Å²) in [4.78, 5) is 0. The third-order valence-electron chi connectivity index (χ3n) is 1.45. The van der Waals surface area contributed by atoms with Crippen molar-refractivity contribution in [2.24, 2.45) is 5.73 Å². The Bertz CT molecular complexity index is 293. The van der Waals surface area contributed by atoms with Gasteiger partial charge in [0.05, 0.1) is 5.02 Å². The summed E-state index contributed by atoms with van der Waals surface area (Å²) in [6.07, 6.45) is 0. The van der Waals surface area contributed by atoms with E-state index in [1.165, 1.54) is 12.1 Å². The standard InChI is InChI=1S/C8H8ClF2NO/c9-6-3-5(4-12)1-2-7(6)13-8(10)11/h1-3,8H,4,12H2. The van der Waals surface area contributed by atoms with E-state index in [1.54, 1.807) is 6.07 Å². The zero-order valence-corrected chi connectivity index (χ0v) is 7.39. The molecule has 0 fully saturated rings. The molecule has 1 aromatic carbocycles. The highest BCUT2D eigenvalue weighted by atomic mass is 35.5. The SMILES string of the molecule is NCc1ccc(OC(F)F)c(Cl)c1. The fourth-order valence-electron chi connectivity index (χ4n) is 0.863. The third-order valence-corrected chi connectivity index (χ3v) is 1.74. The molecule has 0 saturated heterocycles. The number of rotatable bonds is 3. The second-order valence-corrected chi connectivity index (χ2v) is 2.75. The van der Waals surface area contributed by atoms with Crippen LogP contribution in [0.5, 0.6) is 5.75 Å². The highest BCUT2D eigenvalue weighted by molar-refractivity contribution is 6.32. The average Bonchev–Trinajstić information content (AvgIpc) is 2.08. The van der Waals surface area contributed by atoms with Gasteiger partial charge in [-0.25, -0.2) is 0 Å². The molecule has 0 atom stereocenters. The van der Waals surface area contributed by atoms with Gasteiger partial charge in [0.1, 0.15) is 5.75 Å². The summed E-state index contributed by atoms with van der Waals surface area (Å²) in [5.74, 6) is -0.0335. The fraction of sp³-hybridized carbons (Fsp3) is 0.250. The minimum atomic E-state index is -2.86. The molecule has 0 spiro atoms. The summed E-state index contributed by atoms with van der Waals surface area (Å²) in [6, 6.07) is 4.46. The molecule has 0 aromatic heterocycles. The van der Waals surface area contributed by atoms with Gasteiger partial charge in [-0.05, 0) is 17.7 Å². The van der Waals surface area contributed by atoms with Crippen molar-refractivity contribution < 1.29 is 13.5 Å². The van der Waals surface area contributed by atoms with Crippen LogP contribution in [0, 0.1) is 0 Å². The lowest BCUT2D eigenvalue weighted by molar-refractivity contribution is -0.0497. The predicted octanol–water partition coefficient (Wildman–Crippen LogP) is 2.40. The van der Waals surface area contributed by atoms with Crippen LogP contribution in [-0.4, -0.2) is 6.61 Å². The fourth-order valence-corrected chi connectivity index (χ4v) is 1.11. The van der Waals surface area contributed by atoms with Crippen LogP contribution in [-0.2, 0) is 6.54 Å².